The molecule has 12 aliphatic rings. The van der Waals surface area contributed by atoms with Gasteiger partial charge >= 0.3 is 17.9 Å². The Balaban J connectivity index is 0.000000298. The monoisotopic (exact) mass is 3900 g/mol. The van der Waals surface area contributed by atoms with E-state index in [1.165, 1.54) is 12.5 Å². The quantitative estimate of drug-likeness (QED) is 0.0224. The van der Waals surface area contributed by atoms with Crippen molar-refractivity contribution in [2.75, 3.05) is 19.8 Å². The number of rotatable bonds is 13. The summed E-state index contributed by atoms with van der Waals surface area (Å²) in [4.78, 5) is 55.6. The first kappa shape index (κ1) is 133. The van der Waals surface area contributed by atoms with Crippen LogP contribution in [0.15, 0.2) is 215 Å². The second-order valence-corrected chi connectivity index (χ2v) is 41.0. The van der Waals surface area contributed by atoms with Crippen molar-refractivity contribution in [3.05, 3.63) is 249 Å². The maximum Gasteiger partial charge on any atom is 0.338 e. The van der Waals surface area contributed by atoms with Gasteiger partial charge in [-0.1, -0.05) is 217 Å². The van der Waals surface area contributed by atoms with Gasteiger partial charge in [0.05, 0.1) is 122 Å². The Hall–Kier alpha value is 5.27. The van der Waals surface area contributed by atoms with Gasteiger partial charge in [-0.15, -0.1) is 0 Å². The Labute approximate surface area is 1140 Å². The Bertz CT molecular complexity index is 5280. The molecule has 15 N–H and O–H groups in total. The van der Waals surface area contributed by atoms with E-state index in [9.17, 15) is 95.8 Å². The Morgan fingerprint density at radius 1 is 0.367 bits per heavy atom. The molecule has 6 aromatic carbocycles. The van der Waals surface area contributed by atoms with Crippen LogP contribution in [-0.2, 0) is 61.2 Å². The van der Waals surface area contributed by atoms with Crippen LogP contribution < -0.4 is 0 Å². The van der Waals surface area contributed by atoms with E-state index in [0.29, 0.717) is 16.7 Å². The minimum Gasteiger partial charge on any atom is -0.455 e. The number of ether oxygens (including phenoxy) is 8. The van der Waals surface area contributed by atoms with Gasteiger partial charge < -0.3 is 114 Å². The van der Waals surface area contributed by atoms with E-state index in [2.05, 4.69) is 28.1 Å². The molecule has 37 heteroatoms. The molecule has 3 aliphatic heterocycles. The second kappa shape index (κ2) is 52.4. The van der Waals surface area contributed by atoms with Gasteiger partial charge in [-0.25, -0.2) is 14.4 Å². The number of halogens is 1. The average molecular weight is 3910 g/mol. The van der Waals surface area contributed by atoms with Crippen LogP contribution in [0.1, 0.15) is 169 Å². The minimum atomic E-state index is -2.00. The van der Waals surface area contributed by atoms with Crippen molar-refractivity contribution in [1.29, 1.82) is 0 Å². The molecule has 9 aliphatic carbocycles. The molecule has 29 atom stereocenters. The first-order valence-electron chi connectivity index (χ1n) is 44.9. The summed E-state index contributed by atoms with van der Waals surface area (Å²) in [6, 6.07) is 54.1. The first-order chi connectivity index (χ1) is 61.2. The fraction of sp³-hybridized carbons (Fsp3) is 0.549. The number of carbonyl (C=O) groups is 4. The van der Waals surface area contributed by atoms with Crippen molar-refractivity contribution in [1.82, 2.24) is 0 Å². The third kappa shape index (κ3) is 23.7. The molecule has 3 heterocycles. The van der Waals surface area contributed by atoms with E-state index in [1.807, 2.05) is 78.9 Å². The maximum atomic E-state index is 14.7. The molecule has 729 valence electrons. The second-order valence-electron chi connectivity index (χ2n) is 40.5. The van der Waals surface area contributed by atoms with Crippen LogP contribution >= 0.6 is 15.9 Å². The number of aliphatic hydroxyl groups excluding tert-OH is 9. The summed E-state index contributed by atoms with van der Waals surface area (Å²) in [7, 11) is 0. The summed E-state index contributed by atoms with van der Waals surface area (Å²) in [6.45, 7) is 19.8. The van der Waals surface area contributed by atoms with E-state index >= 15 is 0 Å². The van der Waals surface area contributed by atoms with E-state index in [1.54, 1.807) is 167 Å². The van der Waals surface area contributed by atoms with Crippen LogP contribution in [0, 0.1) is 447 Å². The molecule has 3 saturated heterocycles. The summed E-state index contributed by atoms with van der Waals surface area (Å²) in [5, 5.41) is 179. The molecule has 9 radical (unpaired) electrons. The summed E-state index contributed by atoms with van der Waals surface area (Å²) in [6.07, 6.45) is -21.5. The zero-order valence-corrected chi connectivity index (χ0v) is 125. The number of carbonyl (C=O) groups excluding carboxylic acids is 4. The van der Waals surface area contributed by atoms with Gasteiger partial charge in [0.2, 0.25) is 0 Å². The topological polar surface area (TPSA) is 446 Å². The SMILES string of the molecule is BrCc1ccccc1.CC1=C2C(O)C(=O)[C@]3(C)C(OCc4ccccc4)CC4OC[C@@]4(O)C3C(OC(=O)c3ccccc3)C(O)(CC1O)C2(C)C.CC1=C2C(O)C(O)[C@]3(C)C(O)CC4OC[C@@]4(O)C3C(OC(=O)c3ccccc3)C(O)(CC1O)C2(C)C.CC1=C2C(O)C(O)[C@]3(C)C(OCc4ccccc4)CC4OC[C@@]4(O)C3C(OC(=O)c3ccccc3)C(O)(CC1O)C2(C)C.[Ac].[Ac].[Ac].[Ac].[Ac].[Ac].[Ac].[Ac].[Ac]. The van der Waals surface area contributed by atoms with E-state index < -0.39 is 211 Å². The van der Waals surface area contributed by atoms with Gasteiger partial charge in [0.1, 0.15) is 70.2 Å². The van der Waals surface area contributed by atoms with Gasteiger partial charge in [-0.3, -0.25) is 4.79 Å². The van der Waals surface area contributed by atoms with Gasteiger partial charge in [0.25, 0.3) is 0 Å². The van der Waals surface area contributed by atoms with Crippen LogP contribution in [0.5, 0.6) is 0 Å². The third-order valence-corrected chi connectivity index (χ3v) is 33.6. The normalized spacial score (nSPS) is 38.1. The van der Waals surface area contributed by atoms with Crippen molar-refractivity contribution in [3.63, 3.8) is 0 Å². The summed E-state index contributed by atoms with van der Waals surface area (Å²) in [5.74, 6) is -6.49. The minimum absolute atomic E-state index is 0. The average Bonchev–Trinajstić information content (AvgIpc) is 0.680. The van der Waals surface area contributed by atoms with Gasteiger partial charge in [0, 0.05) is 485 Å². The molecule has 9 fully saturated rings. The number of benzene rings is 6. The number of fused-ring (bicyclic) bond motifs is 15. The number of esters is 3. The third-order valence-electron chi connectivity index (χ3n) is 32.9. The van der Waals surface area contributed by atoms with Crippen LogP contribution in [0.25, 0.3) is 0 Å². The Kier molecular flexibility index (Phi) is 50.1. The number of alkyl halides is 1. The molecular formula is C102H125Ac9BrO27. The van der Waals surface area contributed by atoms with Gasteiger partial charge in [-0.2, -0.15) is 0 Å². The molecular weight excluding hydrogens is 3780 g/mol. The molecule has 0 aromatic heterocycles. The van der Waals surface area contributed by atoms with E-state index in [-0.39, 0.29) is 502 Å². The van der Waals surface area contributed by atoms with Crippen LogP contribution in [0.4, 0.5) is 0 Å². The molecule has 23 unspecified atom stereocenters. The Morgan fingerprint density at radius 2 is 0.640 bits per heavy atom. The summed E-state index contributed by atoms with van der Waals surface area (Å²) >= 11 is 3.36. The van der Waals surface area contributed by atoms with Crippen molar-refractivity contribution in [3.8, 4) is 0 Å². The van der Waals surface area contributed by atoms with Crippen LogP contribution in [0.2, 0.25) is 0 Å². The first-order valence-corrected chi connectivity index (χ1v) is 46.0. The molecule has 6 saturated carbocycles. The molecule has 0 spiro atoms. The van der Waals surface area contributed by atoms with Crippen LogP contribution in [-0.4, -0.2) is 257 Å². The van der Waals surface area contributed by atoms with E-state index in [0.717, 1.165) is 16.5 Å². The maximum absolute atomic E-state index is 14.7. The molecule has 139 heavy (non-hydrogen) atoms. The molecule has 0 amide bonds. The van der Waals surface area contributed by atoms with Crippen molar-refractivity contribution in [2.24, 2.45) is 50.2 Å². The number of hydrogen-bond donors (Lipinski definition) is 15. The Morgan fingerprint density at radius 3 is 0.964 bits per heavy atom. The number of Topliss-reactive ketones (excluding diaryl/α,β-unsaturated/α-hetero) is 1. The predicted molar refractivity (Wildman–Crippen MR) is 476 cm³/mol. The fourth-order valence-electron chi connectivity index (χ4n) is 24.8. The molecule has 6 bridgehead atoms. The van der Waals surface area contributed by atoms with Crippen molar-refractivity contribution >= 4 is 39.6 Å². The van der Waals surface area contributed by atoms with E-state index in [4.69, 9.17) is 37.9 Å². The zero-order chi connectivity index (χ0) is 94.1. The summed E-state index contributed by atoms with van der Waals surface area (Å²) in [5.41, 5.74) is -13.8. The van der Waals surface area contributed by atoms with Crippen molar-refractivity contribution < 1.29 is 530 Å². The summed E-state index contributed by atoms with van der Waals surface area (Å²) < 4.78 is 48.8. The number of hydrogen-bond acceptors (Lipinski definition) is 27. The van der Waals surface area contributed by atoms with Gasteiger partial charge in [-0.05, 0) is 114 Å². The predicted octanol–water partition coefficient (Wildman–Crippen LogP) is 8.15. The van der Waals surface area contributed by atoms with Gasteiger partial charge in [0.15, 0.2) is 5.78 Å². The molecule has 6 aromatic rings. The van der Waals surface area contributed by atoms with Crippen molar-refractivity contribution in [2.45, 2.75) is 278 Å². The number of ketones is 1. The molecule has 27 nitrogen and oxygen atoms in total. The molecule has 18 rings (SSSR count). The van der Waals surface area contributed by atoms with Crippen LogP contribution in [0.3, 0.4) is 0 Å². The smallest absolute Gasteiger partial charge is 0.338 e. The fourth-order valence-corrected chi connectivity index (χ4v) is 25.2. The standard InChI is InChI=1S/C34H42O9.C34H40O9.C27H36O9.C7H7Br.9Ac/c2*1-19-22(35)16-34(40)29(43-30(38)21-13-9-6-10-14-21)27-32(4,28(37)26(36)25(19)31(34,2)3)23(15-24-33(27,39)18-42-24)41-17-20-11-7-5-8-12-20;1-13-15(28)11-27(34)22(36-23(32)14-8-6-5-7-9-14)20-25(4,16(29)10-17-26(20,33)12-35-17)21(31)19(30)18(13)24(27,2)3;8-6-7-4-2-1-3-5-7;;;;;;;;;/h5-14,22-24,26-29,35-37,39-40H,15-18H2,1-4H3;5-14,22-24,26-27,29,35-36,39-40H,15-18H2,1-4H3;5-9,15-17,19-22,28-31,33-34H,10-12H2,1-4H3;1-5H,6H2;;;;;;;;;/t22?,23?,24?,26?,27?,28?,29?,32-,33+,34?;22?,23?,24?,26?,27?,29?,32-,33+,34?;15?,16?,17?,19?,20?,21?,22?,25-,26+,27?;;;;;;;;;;/m111........../s1. The zero-order valence-electron chi connectivity index (χ0n) is 80.5. The largest absolute Gasteiger partial charge is 0.455 e. The number of aliphatic hydroxyl groups is 15.